The highest BCUT2D eigenvalue weighted by atomic mass is 16.3. The predicted octanol–water partition coefficient (Wildman–Crippen LogP) is 2.91. The largest absolute Gasteiger partial charge is 0.396 e. The van der Waals surface area contributed by atoms with E-state index in [4.69, 9.17) is 0 Å². The van der Waals surface area contributed by atoms with Crippen LogP contribution in [0.25, 0.3) is 11.2 Å². The molecule has 6 heteroatoms. The molecule has 1 aromatic carbocycles. The van der Waals surface area contributed by atoms with E-state index in [1.54, 1.807) is 6.33 Å². The number of rotatable bonds is 6. The minimum Gasteiger partial charge on any atom is -0.396 e. The van der Waals surface area contributed by atoms with Gasteiger partial charge >= 0.3 is 0 Å². The SMILES string of the molecule is CCCNc1ncnc2c1ncn2C[C@H]1C[C@@H](CO)c2ccccc21. The lowest BCUT2D eigenvalue weighted by atomic mass is 10.0. The van der Waals surface area contributed by atoms with Gasteiger partial charge in [0.1, 0.15) is 11.8 Å². The zero-order chi connectivity index (χ0) is 17.2. The van der Waals surface area contributed by atoms with Gasteiger partial charge in [-0.05, 0) is 24.0 Å². The summed E-state index contributed by atoms with van der Waals surface area (Å²) >= 11 is 0. The van der Waals surface area contributed by atoms with E-state index in [0.717, 1.165) is 42.9 Å². The molecule has 25 heavy (non-hydrogen) atoms. The van der Waals surface area contributed by atoms with Crippen molar-refractivity contribution in [2.75, 3.05) is 18.5 Å². The Bertz CT molecular complexity index is 875. The molecule has 2 N–H and O–H groups in total. The highest BCUT2D eigenvalue weighted by Gasteiger charge is 2.30. The maximum Gasteiger partial charge on any atom is 0.165 e. The van der Waals surface area contributed by atoms with Crippen molar-refractivity contribution in [3.8, 4) is 0 Å². The van der Waals surface area contributed by atoms with E-state index in [1.165, 1.54) is 11.1 Å². The Kier molecular flexibility index (Phi) is 4.36. The highest BCUT2D eigenvalue weighted by Crippen LogP contribution is 2.42. The van der Waals surface area contributed by atoms with Crippen LogP contribution in [0.4, 0.5) is 5.82 Å². The Labute approximate surface area is 147 Å². The van der Waals surface area contributed by atoms with Crippen molar-refractivity contribution in [3.63, 3.8) is 0 Å². The fourth-order valence-corrected chi connectivity index (χ4v) is 3.82. The summed E-state index contributed by atoms with van der Waals surface area (Å²) in [5, 5.41) is 13.0. The summed E-state index contributed by atoms with van der Waals surface area (Å²) in [4.78, 5) is 13.3. The maximum absolute atomic E-state index is 9.70. The van der Waals surface area contributed by atoms with Gasteiger partial charge < -0.3 is 15.0 Å². The number of fused-ring (bicyclic) bond motifs is 2. The lowest BCUT2D eigenvalue weighted by Crippen LogP contribution is -2.08. The van der Waals surface area contributed by atoms with Gasteiger partial charge in [0.15, 0.2) is 11.5 Å². The van der Waals surface area contributed by atoms with Crippen molar-refractivity contribution in [2.45, 2.75) is 38.1 Å². The third-order valence-corrected chi connectivity index (χ3v) is 5.03. The number of aromatic nitrogens is 4. The minimum absolute atomic E-state index is 0.200. The first kappa shape index (κ1) is 16.0. The quantitative estimate of drug-likeness (QED) is 0.723. The van der Waals surface area contributed by atoms with Crippen LogP contribution in [0.15, 0.2) is 36.9 Å². The van der Waals surface area contributed by atoms with Crippen molar-refractivity contribution in [3.05, 3.63) is 48.0 Å². The lowest BCUT2D eigenvalue weighted by molar-refractivity contribution is 0.259. The molecule has 0 spiro atoms. The third-order valence-electron chi connectivity index (χ3n) is 5.03. The highest BCUT2D eigenvalue weighted by molar-refractivity contribution is 5.82. The molecule has 6 nitrogen and oxygen atoms in total. The second-order valence-corrected chi connectivity index (χ2v) is 6.66. The van der Waals surface area contributed by atoms with E-state index in [1.807, 2.05) is 6.33 Å². The molecule has 3 aromatic rings. The summed E-state index contributed by atoms with van der Waals surface area (Å²) in [6, 6.07) is 8.44. The van der Waals surface area contributed by atoms with Gasteiger partial charge in [0.25, 0.3) is 0 Å². The molecule has 2 aromatic heterocycles. The summed E-state index contributed by atoms with van der Waals surface area (Å²) < 4.78 is 2.11. The van der Waals surface area contributed by atoms with Crippen molar-refractivity contribution in [2.24, 2.45) is 0 Å². The first-order valence-electron chi connectivity index (χ1n) is 8.91. The van der Waals surface area contributed by atoms with Crippen LogP contribution in [-0.2, 0) is 6.54 Å². The van der Waals surface area contributed by atoms with E-state index in [2.05, 4.69) is 56.0 Å². The molecule has 0 bridgehead atoms. The van der Waals surface area contributed by atoms with E-state index in [9.17, 15) is 5.11 Å². The predicted molar refractivity (Wildman–Crippen MR) is 97.7 cm³/mol. The number of hydrogen-bond acceptors (Lipinski definition) is 5. The van der Waals surface area contributed by atoms with Crippen LogP contribution in [-0.4, -0.2) is 37.8 Å². The van der Waals surface area contributed by atoms with Crippen LogP contribution in [0.2, 0.25) is 0 Å². The topological polar surface area (TPSA) is 75.9 Å². The van der Waals surface area contributed by atoms with Gasteiger partial charge in [0.2, 0.25) is 0 Å². The van der Waals surface area contributed by atoms with E-state index < -0.39 is 0 Å². The molecule has 0 fully saturated rings. The van der Waals surface area contributed by atoms with Gasteiger partial charge in [-0.3, -0.25) is 0 Å². The summed E-state index contributed by atoms with van der Waals surface area (Å²) in [6.07, 6.45) is 5.44. The lowest BCUT2D eigenvalue weighted by Gasteiger charge is -2.13. The molecule has 0 amide bonds. The summed E-state index contributed by atoms with van der Waals surface area (Å²) in [6.45, 7) is 4.01. The number of aliphatic hydroxyl groups is 1. The van der Waals surface area contributed by atoms with Gasteiger partial charge in [-0.15, -0.1) is 0 Å². The molecule has 0 unspecified atom stereocenters. The number of imidazole rings is 1. The zero-order valence-corrected chi connectivity index (χ0v) is 14.4. The van der Waals surface area contributed by atoms with Gasteiger partial charge in [0.05, 0.1) is 6.33 Å². The first-order valence-corrected chi connectivity index (χ1v) is 8.91. The summed E-state index contributed by atoms with van der Waals surface area (Å²) in [7, 11) is 0. The summed E-state index contributed by atoms with van der Waals surface area (Å²) in [5.74, 6) is 1.39. The molecule has 2 heterocycles. The molecule has 2 atom stereocenters. The first-order chi connectivity index (χ1) is 12.3. The Morgan fingerprint density at radius 2 is 1.96 bits per heavy atom. The zero-order valence-electron chi connectivity index (χ0n) is 14.4. The molecule has 0 radical (unpaired) electrons. The van der Waals surface area contributed by atoms with E-state index >= 15 is 0 Å². The van der Waals surface area contributed by atoms with E-state index in [0.29, 0.717) is 5.92 Å². The van der Waals surface area contributed by atoms with Crippen LogP contribution in [0.5, 0.6) is 0 Å². The normalized spacial score (nSPS) is 19.3. The van der Waals surface area contributed by atoms with Gasteiger partial charge in [-0.1, -0.05) is 31.2 Å². The molecule has 130 valence electrons. The maximum atomic E-state index is 9.70. The second-order valence-electron chi connectivity index (χ2n) is 6.66. The molecular formula is C19H23N5O. The van der Waals surface area contributed by atoms with E-state index in [-0.39, 0.29) is 12.5 Å². The minimum atomic E-state index is 0.200. The molecule has 1 aliphatic carbocycles. The van der Waals surface area contributed by atoms with Crippen molar-refractivity contribution >= 4 is 17.0 Å². The van der Waals surface area contributed by atoms with Crippen LogP contribution in [0.3, 0.4) is 0 Å². The van der Waals surface area contributed by atoms with Crippen LogP contribution >= 0.6 is 0 Å². The number of aliphatic hydroxyl groups excluding tert-OH is 1. The smallest absolute Gasteiger partial charge is 0.165 e. The Morgan fingerprint density at radius 3 is 2.72 bits per heavy atom. The number of hydrogen-bond donors (Lipinski definition) is 2. The molecule has 1 aliphatic rings. The summed E-state index contributed by atoms with van der Waals surface area (Å²) in [5.41, 5.74) is 4.29. The monoisotopic (exact) mass is 337 g/mol. The molecule has 0 saturated heterocycles. The third kappa shape index (κ3) is 2.87. The second kappa shape index (κ2) is 6.80. The Morgan fingerprint density at radius 1 is 1.16 bits per heavy atom. The average Bonchev–Trinajstić information content (AvgIpc) is 3.22. The Balaban J connectivity index is 1.64. The molecular weight excluding hydrogens is 314 g/mol. The molecule has 4 rings (SSSR count). The van der Waals surface area contributed by atoms with Crippen LogP contribution in [0, 0.1) is 0 Å². The van der Waals surface area contributed by atoms with Crippen molar-refractivity contribution in [1.82, 2.24) is 19.5 Å². The van der Waals surface area contributed by atoms with Crippen LogP contribution in [0.1, 0.15) is 42.7 Å². The van der Waals surface area contributed by atoms with Crippen molar-refractivity contribution < 1.29 is 5.11 Å². The number of benzene rings is 1. The average molecular weight is 337 g/mol. The number of nitrogens with one attached hydrogen (secondary N) is 1. The number of nitrogens with zero attached hydrogens (tertiary/aromatic N) is 4. The van der Waals surface area contributed by atoms with Crippen molar-refractivity contribution in [1.29, 1.82) is 0 Å². The molecule has 0 saturated carbocycles. The number of anilines is 1. The fraction of sp³-hybridized carbons (Fsp3) is 0.421. The standard InChI is InChI=1S/C19H23N5O/c1-2-7-20-18-17-19(22-11-21-18)24(12-23-17)9-13-8-14(10-25)16-6-4-3-5-15(13)16/h3-6,11-14,25H,2,7-10H2,1H3,(H,20,21,22)/t13-,14+/m1/s1. The fourth-order valence-electron chi connectivity index (χ4n) is 3.82. The van der Waals surface area contributed by atoms with Gasteiger partial charge in [-0.25, -0.2) is 15.0 Å². The Hall–Kier alpha value is -2.47. The molecule has 0 aliphatic heterocycles. The van der Waals surface area contributed by atoms with Gasteiger partial charge in [0, 0.05) is 31.5 Å². The van der Waals surface area contributed by atoms with Gasteiger partial charge in [-0.2, -0.15) is 0 Å². The van der Waals surface area contributed by atoms with Crippen LogP contribution < -0.4 is 5.32 Å².